The molecule has 1 aliphatic rings. The molecule has 0 aliphatic carbocycles. The molecule has 1 heterocycles. The summed E-state index contributed by atoms with van der Waals surface area (Å²) in [6.07, 6.45) is 5.91. The predicted molar refractivity (Wildman–Crippen MR) is 89.6 cm³/mol. The largest absolute Gasteiger partial charge is 0.388 e. The highest BCUT2D eigenvalue weighted by atomic mass is 16.3. The third-order valence-electron chi connectivity index (χ3n) is 4.75. The van der Waals surface area contributed by atoms with Gasteiger partial charge in [0.05, 0.1) is 6.10 Å². The number of piperidine rings is 1. The van der Waals surface area contributed by atoms with Crippen LogP contribution in [0.3, 0.4) is 0 Å². The average molecular weight is 289 g/mol. The Balaban J connectivity index is 1.78. The van der Waals surface area contributed by atoms with Crippen molar-refractivity contribution in [3.05, 3.63) is 34.9 Å². The van der Waals surface area contributed by atoms with Crippen LogP contribution in [-0.2, 0) is 0 Å². The van der Waals surface area contributed by atoms with Gasteiger partial charge in [0.25, 0.3) is 0 Å². The molecule has 0 aromatic heterocycles. The van der Waals surface area contributed by atoms with Gasteiger partial charge in [0.1, 0.15) is 0 Å². The third-order valence-corrected chi connectivity index (χ3v) is 4.75. The molecule has 1 aromatic rings. The summed E-state index contributed by atoms with van der Waals surface area (Å²) >= 11 is 0. The van der Waals surface area contributed by atoms with Gasteiger partial charge >= 0.3 is 0 Å². The Kier molecular flexibility index (Phi) is 6.25. The van der Waals surface area contributed by atoms with Crippen LogP contribution < -0.4 is 0 Å². The minimum Gasteiger partial charge on any atom is -0.388 e. The van der Waals surface area contributed by atoms with E-state index in [4.69, 9.17) is 0 Å². The molecule has 0 saturated carbocycles. The monoisotopic (exact) mass is 289 g/mol. The molecule has 2 rings (SSSR count). The lowest BCUT2D eigenvalue weighted by atomic mass is 9.92. The maximum absolute atomic E-state index is 10.4. The Bertz CT molecular complexity index is 415. The predicted octanol–water partition coefficient (Wildman–Crippen LogP) is 4.24. The van der Waals surface area contributed by atoms with Gasteiger partial charge in [-0.25, -0.2) is 0 Å². The molecular formula is C19H31NO. The first-order valence-corrected chi connectivity index (χ1v) is 8.57. The van der Waals surface area contributed by atoms with Crippen LogP contribution in [0.15, 0.2) is 18.2 Å². The minimum absolute atomic E-state index is 0.322. The van der Waals surface area contributed by atoms with E-state index < -0.39 is 0 Å². The molecule has 1 aromatic carbocycles. The molecule has 1 saturated heterocycles. The maximum Gasteiger partial charge on any atom is 0.0802 e. The molecule has 1 atom stereocenters. The summed E-state index contributed by atoms with van der Waals surface area (Å²) in [5.41, 5.74) is 3.56. The highest BCUT2D eigenvalue weighted by molar-refractivity contribution is 5.29. The van der Waals surface area contributed by atoms with Crippen LogP contribution in [0.1, 0.15) is 61.8 Å². The first-order chi connectivity index (χ1) is 10.1. The number of aryl methyl sites for hydroxylation is 2. The Morgan fingerprint density at radius 2 is 1.76 bits per heavy atom. The van der Waals surface area contributed by atoms with Crippen LogP contribution in [-0.4, -0.2) is 29.6 Å². The van der Waals surface area contributed by atoms with Crippen molar-refractivity contribution >= 4 is 0 Å². The fourth-order valence-corrected chi connectivity index (χ4v) is 3.58. The van der Waals surface area contributed by atoms with Gasteiger partial charge in [-0.15, -0.1) is 0 Å². The Labute approximate surface area is 130 Å². The molecule has 0 amide bonds. The van der Waals surface area contributed by atoms with Crippen molar-refractivity contribution in [1.82, 2.24) is 4.90 Å². The van der Waals surface area contributed by atoms with Crippen molar-refractivity contribution in [2.24, 2.45) is 5.92 Å². The fraction of sp³-hybridized carbons (Fsp3) is 0.684. The SMILES string of the molecule is CCCC1CCN(CCC(O)c2cc(C)cc(C)c2)CC1. The summed E-state index contributed by atoms with van der Waals surface area (Å²) in [6, 6.07) is 6.39. The molecule has 0 spiro atoms. The molecular weight excluding hydrogens is 258 g/mol. The molecule has 2 nitrogen and oxygen atoms in total. The summed E-state index contributed by atoms with van der Waals surface area (Å²) in [4.78, 5) is 2.53. The average Bonchev–Trinajstić information content (AvgIpc) is 2.45. The molecule has 2 heteroatoms. The summed E-state index contributed by atoms with van der Waals surface area (Å²) in [5.74, 6) is 0.940. The van der Waals surface area contributed by atoms with Gasteiger partial charge < -0.3 is 10.0 Å². The number of nitrogens with zero attached hydrogens (tertiary/aromatic N) is 1. The topological polar surface area (TPSA) is 23.5 Å². The molecule has 1 aliphatic heterocycles. The quantitative estimate of drug-likeness (QED) is 0.846. The Morgan fingerprint density at radius 3 is 2.33 bits per heavy atom. The number of hydrogen-bond donors (Lipinski definition) is 1. The van der Waals surface area contributed by atoms with E-state index in [1.54, 1.807) is 0 Å². The van der Waals surface area contributed by atoms with Gasteiger partial charge in [-0.05, 0) is 57.7 Å². The first kappa shape index (κ1) is 16.5. The van der Waals surface area contributed by atoms with Crippen LogP contribution in [0.2, 0.25) is 0 Å². The molecule has 0 bridgehead atoms. The number of rotatable bonds is 6. The van der Waals surface area contributed by atoms with Crippen LogP contribution in [0.5, 0.6) is 0 Å². The van der Waals surface area contributed by atoms with Gasteiger partial charge in [-0.2, -0.15) is 0 Å². The summed E-state index contributed by atoms with van der Waals surface area (Å²) in [7, 11) is 0. The van der Waals surface area contributed by atoms with Crippen molar-refractivity contribution in [2.45, 2.75) is 59.0 Å². The van der Waals surface area contributed by atoms with E-state index in [0.717, 1.165) is 24.4 Å². The van der Waals surface area contributed by atoms with E-state index in [0.29, 0.717) is 0 Å². The number of aliphatic hydroxyl groups excluding tert-OH is 1. The number of hydrogen-bond acceptors (Lipinski definition) is 2. The van der Waals surface area contributed by atoms with E-state index in [-0.39, 0.29) is 6.10 Å². The zero-order valence-electron chi connectivity index (χ0n) is 13.9. The standard InChI is InChI=1S/C19H31NO/c1-4-5-17-6-9-20(10-7-17)11-8-19(21)18-13-15(2)12-16(3)14-18/h12-14,17,19,21H,4-11H2,1-3H3. The number of benzene rings is 1. The van der Waals surface area contributed by atoms with Crippen LogP contribution in [0, 0.1) is 19.8 Å². The first-order valence-electron chi connectivity index (χ1n) is 8.57. The van der Waals surface area contributed by atoms with Gasteiger partial charge in [0.2, 0.25) is 0 Å². The maximum atomic E-state index is 10.4. The molecule has 1 unspecified atom stereocenters. The van der Waals surface area contributed by atoms with Crippen LogP contribution >= 0.6 is 0 Å². The Morgan fingerprint density at radius 1 is 1.14 bits per heavy atom. The van der Waals surface area contributed by atoms with Crippen molar-refractivity contribution in [3.8, 4) is 0 Å². The molecule has 118 valence electrons. The Hall–Kier alpha value is -0.860. The lowest BCUT2D eigenvalue weighted by molar-refractivity contribution is 0.121. The zero-order valence-corrected chi connectivity index (χ0v) is 13.9. The minimum atomic E-state index is -0.322. The summed E-state index contributed by atoms with van der Waals surface area (Å²) in [6.45, 7) is 9.93. The van der Waals surface area contributed by atoms with E-state index >= 15 is 0 Å². The van der Waals surface area contributed by atoms with Crippen LogP contribution in [0.25, 0.3) is 0 Å². The highest BCUT2D eigenvalue weighted by Gasteiger charge is 2.19. The number of likely N-dealkylation sites (tertiary alicyclic amines) is 1. The summed E-state index contributed by atoms with van der Waals surface area (Å²) in [5, 5.41) is 10.4. The van der Waals surface area contributed by atoms with E-state index in [9.17, 15) is 5.11 Å². The fourth-order valence-electron chi connectivity index (χ4n) is 3.58. The lowest BCUT2D eigenvalue weighted by Crippen LogP contribution is -2.34. The second kappa shape index (κ2) is 7.95. The third kappa shape index (κ3) is 5.12. The van der Waals surface area contributed by atoms with E-state index in [2.05, 4.69) is 43.9 Å². The normalized spacial score (nSPS) is 18.9. The van der Waals surface area contributed by atoms with E-state index in [1.807, 2.05) is 0 Å². The number of aliphatic hydroxyl groups is 1. The lowest BCUT2D eigenvalue weighted by Gasteiger charge is -2.32. The van der Waals surface area contributed by atoms with Crippen molar-refractivity contribution in [3.63, 3.8) is 0 Å². The van der Waals surface area contributed by atoms with Crippen molar-refractivity contribution < 1.29 is 5.11 Å². The molecule has 21 heavy (non-hydrogen) atoms. The second-order valence-electron chi connectivity index (χ2n) is 6.80. The van der Waals surface area contributed by atoms with Crippen molar-refractivity contribution in [1.29, 1.82) is 0 Å². The van der Waals surface area contributed by atoms with E-state index in [1.165, 1.54) is 49.9 Å². The smallest absolute Gasteiger partial charge is 0.0802 e. The van der Waals surface area contributed by atoms with Gasteiger partial charge in [0.15, 0.2) is 0 Å². The van der Waals surface area contributed by atoms with Crippen LogP contribution in [0.4, 0.5) is 0 Å². The highest BCUT2D eigenvalue weighted by Crippen LogP contribution is 2.24. The van der Waals surface area contributed by atoms with Crippen molar-refractivity contribution in [2.75, 3.05) is 19.6 Å². The van der Waals surface area contributed by atoms with Gasteiger partial charge in [-0.3, -0.25) is 0 Å². The van der Waals surface area contributed by atoms with Gasteiger partial charge in [0, 0.05) is 6.54 Å². The van der Waals surface area contributed by atoms with Gasteiger partial charge in [-0.1, -0.05) is 49.1 Å². The second-order valence-corrected chi connectivity index (χ2v) is 6.80. The molecule has 0 radical (unpaired) electrons. The molecule has 1 N–H and O–H groups in total. The zero-order chi connectivity index (χ0) is 15.2. The molecule has 1 fully saturated rings. The summed E-state index contributed by atoms with van der Waals surface area (Å²) < 4.78 is 0.